The Morgan fingerprint density at radius 1 is 1.13 bits per heavy atom. The van der Waals surface area contributed by atoms with Gasteiger partial charge < -0.3 is 15.1 Å². The van der Waals surface area contributed by atoms with Crippen molar-refractivity contribution in [3.8, 4) is 5.75 Å². The number of rotatable bonds is 3. The lowest BCUT2D eigenvalue weighted by Gasteiger charge is -2.36. The first-order chi connectivity index (χ1) is 11.3. The van der Waals surface area contributed by atoms with E-state index in [1.165, 1.54) is 0 Å². The molecule has 4 rings (SSSR count). The zero-order valence-electron chi connectivity index (χ0n) is 13.0. The zero-order chi connectivity index (χ0) is 15.9. The summed E-state index contributed by atoms with van der Waals surface area (Å²) in [5.41, 5.74) is 7.62. The maximum Gasteiger partial charge on any atom is 0.293 e. The Kier molecular flexibility index (Phi) is 3.23. The molecule has 2 heterocycles. The van der Waals surface area contributed by atoms with Gasteiger partial charge in [0.05, 0.1) is 11.4 Å². The van der Waals surface area contributed by atoms with Crippen LogP contribution in [0.2, 0.25) is 0 Å². The van der Waals surface area contributed by atoms with E-state index in [1.54, 1.807) is 0 Å². The van der Waals surface area contributed by atoms with Gasteiger partial charge in [-0.2, -0.15) is 5.43 Å². The number of carbonyl (C=O) groups is 1. The van der Waals surface area contributed by atoms with Crippen molar-refractivity contribution in [3.05, 3.63) is 54.1 Å². The molecule has 1 atom stereocenters. The number of nitrogens with one attached hydrogen (secondary N) is 2. The summed E-state index contributed by atoms with van der Waals surface area (Å²) in [5.74, 6) is 0.598. The lowest BCUT2D eigenvalue weighted by Crippen LogP contribution is -2.59. The number of para-hydroxylation sites is 3. The molecular weight excluding hydrogens is 290 g/mol. The molecule has 0 radical (unpaired) electrons. The van der Waals surface area contributed by atoms with Gasteiger partial charge in [-0.1, -0.05) is 43.7 Å². The first-order valence-electron chi connectivity index (χ1n) is 7.99. The van der Waals surface area contributed by atoms with Crippen LogP contribution >= 0.6 is 0 Å². The molecule has 0 saturated carbocycles. The fraction of sp³-hybridized carbons (Fsp3) is 0.278. The van der Waals surface area contributed by atoms with Crippen LogP contribution in [0.5, 0.6) is 5.75 Å². The number of hydrogen-bond donors (Lipinski definition) is 2. The summed E-state index contributed by atoms with van der Waals surface area (Å²) in [7, 11) is 0. The van der Waals surface area contributed by atoms with Crippen molar-refractivity contribution in [3.63, 3.8) is 0 Å². The van der Waals surface area contributed by atoms with E-state index >= 15 is 0 Å². The number of anilines is 2. The Morgan fingerprint density at radius 2 is 1.91 bits per heavy atom. The molecule has 0 fully saturated rings. The fourth-order valence-electron chi connectivity index (χ4n) is 3.18. The molecular formula is C18H19N3O2. The average Bonchev–Trinajstić information content (AvgIpc) is 2.82. The predicted molar refractivity (Wildman–Crippen MR) is 89.2 cm³/mol. The van der Waals surface area contributed by atoms with E-state index in [4.69, 9.17) is 4.74 Å². The van der Waals surface area contributed by atoms with Crippen molar-refractivity contribution in [2.24, 2.45) is 0 Å². The van der Waals surface area contributed by atoms with Crippen molar-refractivity contribution < 1.29 is 9.53 Å². The molecule has 5 nitrogen and oxygen atoms in total. The van der Waals surface area contributed by atoms with Crippen molar-refractivity contribution in [1.29, 1.82) is 0 Å². The number of amides is 1. The van der Waals surface area contributed by atoms with Gasteiger partial charge in [0.25, 0.3) is 11.6 Å². The largest absolute Gasteiger partial charge is 0.455 e. The lowest BCUT2D eigenvalue weighted by atomic mass is 10.0. The zero-order valence-corrected chi connectivity index (χ0v) is 13.0. The molecule has 5 heteroatoms. The summed E-state index contributed by atoms with van der Waals surface area (Å²) in [6, 6.07) is 15.4. The monoisotopic (exact) mass is 309 g/mol. The molecule has 0 unspecified atom stereocenters. The van der Waals surface area contributed by atoms with Gasteiger partial charge in [-0.25, -0.2) is 0 Å². The molecule has 23 heavy (non-hydrogen) atoms. The van der Waals surface area contributed by atoms with Crippen LogP contribution in [0.4, 0.5) is 11.4 Å². The second-order valence-corrected chi connectivity index (χ2v) is 5.86. The van der Waals surface area contributed by atoms with Crippen LogP contribution in [0.1, 0.15) is 25.3 Å². The summed E-state index contributed by atoms with van der Waals surface area (Å²) >= 11 is 0. The van der Waals surface area contributed by atoms with Crippen molar-refractivity contribution >= 4 is 17.3 Å². The molecule has 0 aromatic heterocycles. The normalized spacial score (nSPS) is 21.6. The molecule has 2 N–H and O–H groups in total. The van der Waals surface area contributed by atoms with Gasteiger partial charge in [0.1, 0.15) is 5.75 Å². The van der Waals surface area contributed by atoms with E-state index in [0.29, 0.717) is 12.3 Å². The topological polar surface area (TPSA) is 53.6 Å². The first kappa shape index (κ1) is 14.1. The van der Waals surface area contributed by atoms with Gasteiger partial charge in [0.15, 0.2) is 0 Å². The minimum Gasteiger partial charge on any atom is -0.455 e. The summed E-state index contributed by atoms with van der Waals surface area (Å²) in [6.45, 7) is 2.82. The number of ether oxygens (including phenoxy) is 1. The van der Waals surface area contributed by atoms with Crippen LogP contribution in [-0.2, 0) is 10.5 Å². The van der Waals surface area contributed by atoms with Crippen LogP contribution < -0.4 is 20.5 Å². The molecule has 118 valence electrons. The molecule has 0 saturated heterocycles. The third-order valence-corrected chi connectivity index (χ3v) is 4.38. The standard InChI is InChI=1S/C18H19N3O2/c1-2-3-12-21-15-10-6-4-8-13(15)18(17(21)22)20-19-14-9-5-7-11-16(14)23-18/h4-11,19-20H,2-3,12H2,1H3/t18-/m0/s1. The maximum atomic E-state index is 13.2. The third-order valence-electron chi connectivity index (χ3n) is 4.38. The number of hydrogen-bond acceptors (Lipinski definition) is 4. The van der Waals surface area contributed by atoms with Gasteiger partial charge >= 0.3 is 0 Å². The predicted octanol–water partition coefficient (Wildman–Crippen LogP) is 3.00. The van der Waals surface area contributed by atoms with E-state index in [2.05, 4.69) is 17.8 Å². The maximum absolute atomic E-state index is 13.2. The van der Waals surface area contributed by atoms with Crippen LogP contribution in [0.3, 0.4) is 0 Å². The van der Waals surface area contributed by atoms with Crippen LogP contribution in [0, 0.1) is 0 Å². The number of fused-ring (bicyclic) bond motifs is 3. The lowest BCUT2D eigenvalue weighted by molar-refractivity contribution is -0.136. The Labute approximate surface area is 135 Å². The Balaban J connectivity index is 1.79. The smallest absolute Gasteiger partial charge is 0.293 e. The fourth-order valence-corrected chi connectivity index (χ4v) is 3.18. The highest BCUT2D eigenvalue weighted by Gasteiger charge is 2.55. The highest BCUT2D eigenvalue weighted by Crippen LogP contribution is 2.44. The highest BCUT2D eigenvalue weighted by molar-refractivity contribution is 6.07. The number of hydrazine groups is 1. The second kappa shape index (κ2) is 5.28. The molecule has 0 aliphatic carbocycles. The van der Waals surface area contributed by atoms with E-state index in [9.17, 15) is 4.79 Å². The molecule has 2 aromatic rings. The van der Waals surface area contributed by atoms with Gasteiger partial charge in [0.2, 0.25) is 0 Å². The summed E-state index contributed by atoms with van der Waals surface area (Å²) < 4.78 is 6.16. The minimum atomic E-state index is -1.20. The van der Waals surface area contributed by atoms with E-state index < -0.39 is 5.72 Å². The van der Waals surface area contributed by atoms with Gasteiger partial charge in [0, 0.05) is 12.1 Å². The molecule has 1 amide bonds. The second-order valence-electron chi connectivity index (χ2n) is 5.86. The molecule has 2 aromatic carbocycles. The molecule has 1 spiro atoms. The van der Waals surface area contributed by atoms with Crippen molar-refractivity contribution in [1.82, 2.24) is 5.43 Å². The number of carbonyl (C=O) groups excluding carboxylic acids is 1. The van der Waals surface area contributed by atoms with Crippen LogP contribution in [0.15, 0.2) is 48.5 Å². The van der Waals surface area contributed by atoms with Gasteiger partial charge in [-0.3, -0.25) is 4.79 Å². The SMILES string of the molecule is CCCCN1C(=O)[C@]2(NNc3ccccc3O2)c2ccccc21. The summed E-state index contributed by atoms with van der Waals surface area (Å²) in [6.07, 6.45) is 1.99. The number of benzene rings is 2. The third kappa shape index (κ3) is 2.00. The quantitative estimate of drug-likeness (QED) is 0.915. The minimum absolute atomic E-state index is 0.0749. The van der Waals surface area contributed by atoms with E-state index in [1.807, 2.05) is 53.4 Å². The van der Waals surface area contributed by atoms with Gasteiger partial charge in [-0.15, -0.1) is 0 Å². The first-order valence-corrected chi connectivity index (χ1v) is 7.99. The number of nitrogens with zero attached hydrogens (tertiary/aromatic N) is 1. The van der Waals surface area contributed by atoms with Gasteiger partial charge in [-0.05, 0) is 24.6 Å². The van der Waals surface area contributed by atoms with Crippen LogP contribution in [0.25, 0.3) is 0 Å². The summed E-state index contributed by atoms with van der Waals surface area (Å²) in [5, 5.41) is 0. The molecule has 2 aliphatic rings. The summed E-state index contributed by atoms with van der Waals surface area (Å²) in [4.78, 5) is 15.0. The van der Waals surface area contributed by atoms with E-state index in [-0.39, 0.29) is 5.91 Å². The Morgan fingerprint density at radius 3 is 2.78 bits per heavy atom. The Hall–Kier alpha value is -2.53. The molecule has 2 aliphatic heterocycles. The van der Waals surface area contributed by atoms with Crippen LogP contribution in [-0.4, -0.2) is 12.5 Å². The number of unbranched alkanes of at least 4 members (excludes halogenated alkanes) is 1. The molecule has 0 bridgehead atoms. The van der Waals surface area contributed by atoms with Crippen molar-refractivity contribution in [2.45, 2.75) is 25.5 Å². The van der Waals surface area contributed by atoms with Crippen molar-refractivity contribution in [2.75, 3.05) is 16.9 Å². The highest BCUT2D eigenvalue weighted by atomic mass is 16.5. The Bertz CT molecular complexity index is 761. The van der Waals surface area contributed by atoms with E-state index in [0.717, 1.165) is 29.8 Å². The average molecular weight is 309 g/mol.